The first-order valence-electron chi connectivity index (χ1n) is 9.22. The molecule has 0 bridgehead atoms. The maximum absolute atomic E-state index is 12.5. The van der Waals surface area contributed by atoms with Crippen molar-refractivity contribution in [2.24, 2.45) is 5.92 Å². The fourth-order valence-corrected chi connectivity index (χ4v) is 3.41. The molecule has 0 aromatic heterocycles. The van der Waals surface area contributed by atoms with Crippen LogP contribution in [0.15, 0.2) is 60.7 Å². The Balaban J connectivity index is 1.92. The molecule has 2 nitrogen and oxygen atoms in total. The molecule has 0 saturated heterocycles. The third-order valence-corrected chi connectivity index (χ3v) is 5.03. The summed E-state index contributed by atoms with van der Waals surface area (Å²) in [6, 6.07) is 21.0. The van der Waals surface area contributed by atoms with Gasteiger partial charge in [-0.15, -0.1) is 0 Å². The maximum atomic E-state index is 12.5. The zero-order valence-corrected chi connectivity index (χ0v) is 15.1. The second-order valence-electron chi connectivity index (χ2n) is 6.78. The molecule has 0 heterocycles. The van der Waals surface area contributed by atoms with Gasteiger partial charge in [0.2, 0.25) is 0 Å². The van der Waals surface area contributed by atoms with Gasteiger partial charge in [-0.3, -0.25) is 4.79 Å². The van der Waals surface area contributed by atoms with E-state index in [2.05, 4.69) is 48.5 Å². The molecular formula is C23H26O2. The maximum Gasteiger partial charge on any atom is 0.309 e. The largest absolute Gasteiger partial charge is 0.462 e. The molecule has 130 valence electrons. The Morgan fingerprint density at radius 2 is 1.56 bits per heavy atom. The summed E-state index contributed by atoms with van der Waals surface area (Å²) < 4.78 is 5.60. The Kier molecular flexibility index (Phi) is 5.70. The lowest BCUT2D eigenvalue weighted by atomic mass is 9.78. The average molecular weight is 334 g/mol. The third kappa shape index (κ3) is 4.19. The minimum Gasteiger partial charge on any atom is -0.462 e. The number of benzene rings is 2. The van der Waals surface area contributed by atoms with Crippen LogP contribution in [0, 0.1) is 5.92 Å². The molecule has 2 aromatic carbocycles. The lowest BCUT2D eigenvalue weighted by Crippen LogP contribution is -2.25. The summed E-state index contributed by atoms with van der Waals surface area (Å²) in [7, 11) is 0. The molecule has 0 aliphatic heterocycles. The van der Waals surface area contributed by atoms with Crippen LogP contribution in [0.4, 0.5) is 0 Å². The molecule has 2 aromatic rings. The van der Waals surface area contributed by atoms with Gasteiger partial charge in [0.05, 0.1) is 12.0 Å². The topological polar surface area (TPSA) is 26.3 Å². The van der Waals surface area contributed by atoms with Crippen molar-refractivity contribution in [1.82, 2.24) is 0 Å². The predicted molar refractivity (Wildman–Crippen MR) is 103 cm³/mol. The van der Waals surface area contributed by atoms with Crippen molar-refractivity contribution in [2.45, 2.75) is 45.6 Å². The highest BCUT2D eigenvalue weighted by Gasteiger charge is 2.29. The van der Waals surface area contributed by atoms with Crippen LogP contribution in [0.2, 0.25) is 0 Å². The molecule has 2 heteroatoms. The highest BCUT2D eigenvalue weighted by atomic mass is 16.5. The van der Waals surface area contributed by atoms with E-state index in [1.165, 1.54) is 22.3 Å². The summed E-state index contributed by atoms with van der Waals surface area (Å²) >= 11 is 0. The van der Waals surface area contributed by atoms with Crippen molar-refractivity contribution >= 4 is 17.1 Å². The number of rotatable bonds is 5. The molecule has 0 N–H and O–H groups in total. The molecule has 2 atom stereocenters. The van der Waals surface area contributed by atoms with Crippen molar-refractivity contribution in [3.63, 3.8) is 0 Å². The van der Waals surface area contributed by atoms with E-state index >= 15 is 0 Å². The Hall–Kier alpha value is -2.35. The summed E-state index contributed by atoms with van der Waals surface area (Å²) in [5.41, 5.74) is 5.11. The monoisotopic (exact) mass is 334 g/mol. The van der Waals surface area contributed by atoms with Crippen LogP contribution in [0.1, 0.15) is 50.7 Å². The second kappa shape index (κ2) is 8.15. The first kappa shape index (κ1) is 17.5. The first-order chi connectivity index (χ1) is 12.2. The van der Waals surface area contributed by atoms with Gasteiger partial charge in [0, 0.05) is 0 Å². The lowest BCUT2D eigenvalue weighted by Gasteiger charge is -2.28. The molecule has 2 unspecified atom stereocenters. The van der Waals surface area contributed by atoms with Crippen molar-refractivity contribution in [3.05, 3.63) is 71.8 Å². The van der Waals surface area contributed by atoms with Crippen molar-refractivity contribution in [2.75, 3.05) is 0 Å². The fraction of sp³-hybridized carbons (Fsp3) is 0.348. The Bertz CT molecular complexity index is 731. The zero-order chi connectivity index (χ0) is 17.6. The summed E-state index contributed by atoms with van der Waals surface area (Å²) in [4.78, 5) is 12.5. The summed E-state index contributed by atoms with van der Waals surface area (Å²) in [5.74, 6) is -0.0911. The quantitative estimate of drug-likeness (QED) is 0.652. The summed E-state index contributed by atoms with van der Waals surface area (Å²) in [6.07, 6.45) is 3.37. The number of hydrogen-bond acceptors (Lipinski definition) is 2. The van der Waals surface area contributed by atoms with Gasteiger partial charge in [0.15, 0.2) is 0 Å². The van der Waals surface area contributed by atoms with Crippen molar-refractivity contribution in [1.29, 1.82) is 0 Å². The number of carbonyl (C=O) groups is 1. The van der Waals surface area contributed by atoms with Gasteiger partial charge in [-0.2, -0.15) is 0 Å². The minimum absolute atomic E-state index is 0.00725. The summed E-state index contributed by atoms with van der Waals surface area (Å²) in [5, 5.41) is 0. The van der Waals surface area contributed by atoms with Gasteiger partial charge in [-0.1, -0.05) is 67.6 Å². The van der Waals surface area contributed by atoms with E-state index in [9.17, 15) is 4.79 Å². The molecule has 3 rings (SSSR count). The van der Waals surface area contributed by atoms with Gasteiger partial charge in [-0.05, 0) is 54.9 Å². The lowest BCUT2D eigenvalue weighted by molar-refractivity contribution is -0.153. The second-order valence-corrected chi connectivity index (χ2v) is 6.78. The van der Waals surface area contributed by atoms with E-state index in [0.29, 0.717) is 0 Å². The van der Waals surface area contributed by atoms with Crippen LogP contribution in [-0.2, 0) is 9.53 Å². The molecule has 0 amide bonds. The number of carbonyl (C=O) groups excluding carboxylic acids is 1. The van der Waals surface area contributed by atoms with Gasteiger partial charge in [-0.25, -0.2) is 0 Å². The minimum atomic E-state index is -0.0464. The normalized spacial score (nSPS) is 18.7. The summed E-state index contributed by atoms with van der Waals surface area (Å²) in [6.45, 7) is 4.01. The smallest absolute Gasteiger partial charge is 0.309 e. The van der Waals surface area contributed by atoms with Crippen LogP contribution in [0.3, 0.4) is 0 Å². The Morgan fingerprint density at radius 3 is 2.12 bits per heavy atom. The molecule has 25 heavy (non-hydrogen) atoms. The molecule has 0 radical (unpaired) electrons. The fourth-order valence-electron chi connectivity index (χ4n) is 3.41. The molecular weight excluding hydrogens is 308 g/mol. The van der Waals surface area contributed by atoms with Crippen molar-refractivity contribution in [3.8, 4) is 0 Å². The first-order valence-corrected chi connectivity index (χ1v) is 9.22. The number of ether oxygens (including phenoxy) is 1. The van der Waals surface area contributed by atoms with E-state index in [1.807, 2.05) is 26.0 Å². The van der Waals surface area contributed by atoms with E-state index in [4.69, 9.17) is 4.74 Å². The molecule has 1 aliphatic rings. The SMILES string of the molecule is CCC(C)OC(=O)C1CCC(c2ccccc2)=C(c2ccccc2)C1. The van der Waals surface area contributed by atoms with E-state index in [0.717, 1.165) is 25.7 Å². The third-order valence-electron chi connectivity index (χ3n) is 5.03. The Morgan fingerprint density at radius 1 is 1.00 bits per heavy atom. The zero-order valence-electron chi connectivity index (χ0n) is 15.1. The number of allylic oxidation sites excluding steroid dienone is 2. The number of hydrogen-bond donors (Lipinski definition) is 0. The Labute approximate surface area is 150 Å². The highest BCUT2D eigenvalue weighted by molar-refractivity contribution is 5.93. The van der Waals surface area contributed by atoms with Gasteiger partial charge in [0.25, 0.3) is 0 Å². The van der Waals surface area contributed by atoms with Gasteiger partial charge < -0.3 is 4.74 Å². The van der Waals surface area contributed by atoms with Crippen LogP contribution >= 0.6 is 0 Å². The van der Waals surface area contributed by atoms with E-state index in [-0.39, 0.29) is 18.0 Å². The predicted octanol–water partition coefficient (Wildman–Crippen LogP) is 5.74. The standard InChI is InChI=1S/C23H26O2/c1-3-17(2)25-23(24)20-14-15-21(18-10-6-4-7-11-18)22(16-20)19-12-8-5-9-13-19/h4-13,17,20H,3,14-16H2,1-2H3. The molecule has 0 fully saturated rings. The van der Waals surface area contributed by atoms with Crippen molar-refractivity contribution < 1.29 is 9.53 Å². The molecule has 0 spiro atoms. The molecule has 1 aliphatic carbocycles. The van der Waals surface area contributed by atoms with Gasteiger partial charge in [0.1, 0.15) is 0 Å². The van der Waals surface area contributed by atoms with E-state index in [1.54, 1.807) is 0 Å². The highest BCUT2D eigenvalue weighted by Crippen LogP contribution is 2.41. The molecule has 0 saturated carbocycles. The van der Waals surface area contributed by atoms with Crippen LogP contribution in [0.25, 0.3) is 11.1 Å². The van der Waals surface area contributed by atoms with Crippen LogP contribution < -0.4 is 0 Å². The number of esters is 1. The van der Waals surface area contributed by atoms with E-state index < -0.39 is 0 Å². The van der Waals surface area contributed by atoms with Crippen LogP contribution in [0.5, 0.6) is 0 Å². The van der Waals surface area contributed by atoms with Crippen LogP contribution in [-0.4, -0.2) is 12.1 Å². The van der Waals surface area contributed by atoms with Gasteiger partial charge >= 0.3 is 5.97 Å². The average Bonchev–Trinajstić information content (AvgIpc) is 2.68.